The lowest BCUT2D eigenvalue weighted by Gasteiger charge is -2.13. The zero-order chi connectivity index (χ0) is 12.7. The quantitative estimate of drug-likeness (QED) is 0.333. The standard InChI is InChI=1S/C9H8F2O5S/c10-9(11,17-16-15-13)8(12)14-6-7-4-2-1-3-5-7/h1-5,13H,6H2/p-1. The van der Waals surface area contributed by atoms with Crippen molar-refractivity contribution >= 4 is 18.0 Å². The predicted molar refractivity (Wildman–Crippen MR) is 50.9 cm³/mol. The third-order valence-electron chi connectivity index (χ3n) is 1.62. The SMILES string of the molecule is O=C(OCc1ccccc1)C(F)(F)SOO[O-]. The largest absolute Gasteiger partial charge is 0.691 e. The number of hydrogen-bond acceptors (Lipinski definition) is 6. The fraction of sp³-hybridized carbons (Fsp3) is 0.222. The van der Waals surface area contributed by atoms with Crippen LogP contribution in [-0.4, -0.2) is 11.2 Å². The minimum absolute atomic E-state index is 0.298. The molecule has 0 spiro atoms. The van der Waals surface area contributed by atoms with Gasteiger partial charge in [0.25, 0.3) is 0 Å². The highest BCUT2D eigenvalue weighted by Gasteiger charge is 2.43. The van der Waals surface area contributed by atoms with Gasteiger partial charge in [-0.25, -0.2) is 4.79 Å². The first-order valence-electron chi connectivity index (χ1n) is 4.29. The smallest absolute Gasteiger partial charge is 0.415 e. The molecule has 0 aliphatic heterocycles. The third kappa shape index (κ3) is 4.65. The molecule has 0 heterocycles. The van der Waals surface area contributed by atoms with E-state index in [4.69, 9.17) is 0 Å². The second-order valence-corrected chi connectivity index (χ2v) is 3.61. The summed E-state index contributed by atoms with van der Waals surface area (Å²) in [6, 6.07) is 8.29. The Labute approximate surface area is 99.3 Å². The molecule has 0 atom stereocenters. The van der Waals surface area contributed by atoms with Gasteiger partial charge in [-0.05, 0) is 5.56 Å². The van der Waals surface area contributed by atoms with Crippen LogP contribution in [0.5, 0.6) is 0 Å². The van der Waals surface area contributed by atoms with Crippen molar-refractivity contribution in [1.82, 2.24) is 0 Å². The highest BCUT2D eigenvalue weighted by atomic mass is 32.2. The molecule has 1 aromatic carbocycles. The van der Waals surface area contributed by atoms with Crippen molar-refractivity contribution in [3.05, 3.63) is 35.9 Å². The van der Waals surface area contributed by atoms with Gasteiger partial charge in [0.1, 0.15) is 18.6 Å². The van der Waals surface area contributed by atoms with E-state index >= 15 is 0 Å². The molecule has 0 aromatic heterocycles. The normalized spacial score (nSPS) is 11.2. The van der Waals surface area contributed by atoms with Crippen molar-refractivity contribution in [3.8, 4) is 0 Å². The lowest BCUT2D eigenvalue weighted by Crippen LogP contribution is -2.27. The number of carbonyl (C=O) groups excluding carboxylic acids is 1. The van der Waals surface area contributed by atoms with E-state index in [1.54, 1.807) is 30.3 Å². The number of benzene rings is 1. The molecule has 0 unspecified atom stereocenters. The Hall–Kier alpha value is -1.22. The monoisotopic (exact) mass is 265 g/mol. The van der Waals surface area contributed by atoms with Crippen LogP contribution in [0.1, 0.15) is 5.56 Å². The molecular weight excluding hydrogens is 258 g/mol. The van der Waals surface area contributed by atoms with E-state index in [1.807, 2.05) is 0 Å². The predicted octanol–water partition coefficient (Wildman–Crippen LogP) is 1.19. The molecule has 1 aromatic rings. The van der Waals surface area contributed by atoms with E-state index in [1.165, 1.54) is 0 Å². The van der Waals surface area contributed by atoms with Crippen LogP contribution in [-0.2, 0) is 25.5 Å². The van der Waals surface area contributed by atoms with Crippen molar-refractivity contribution in [1.29, 1.82) is 0 Å². The van der Waals surface area contributed by atoms with Crippen LogP contribution in [0, 0.1) is 0 Å². The summed E-state index contributed by atoms with van der Waals surface area (Å²) in [7, 11) is 0. The molecule has 0 bridgehead atoms. The van der Waals surface area contributed by atoms with Gasteiger partial charge in [0.2, 0.25) is 0 Å². The Balaban J connectivity index is 2.44. The van der Waals surface area contributed by atoms with E-state index in [9.17, 15) is 18.8 Å². The van der Waals surface area contributed by atoms with E-state index < -0.39 is 23.3 Å². The Morgan fingerprint density at radius 3 is 2.59 bits per heavy atom. The van der Waals surface area contributed by atoms with Crippen LogP contribution < -0.4 is 5.26 Å². The fourth-order valence-corrected chi connectivity index (χ4v) is 1.14. The summed E-state index contributed by atoms with van der Waals surface area (Å²) in [6.07, 6.45) is 0. The number of ether oxygens (including phenoxy) is 1. The van der Waals surface area contributed by atoms with Gasteiger partial charge >= 0.3 is 11.2 Å². The Kier molecular flexibility index (Phi) is 5.29. The van der Waals surface area contributed by atoms with E-state index in [0.29, 0.717) is 5.56 Å². The first-order valence-corrected chi connectivity index (χ1v) is 5.03. The number of hydrogen-bond donors (Lipinski definition) is 0. The summed E-state index contributed by atoms with van der Waals surface area (Å²) in [5, 5.41) is 8.06. The van der Waals surface area contributed by atoms with Gasteiger partial charge in [-0.1, -0.05) is 30.3 Å². The molecule has 5 nitrogen and oxygen atoms in total. The van der Waals surface area contributed by atoms with E-state index in [0.717, 1.165) is 0 Å². The van der Waals surface area contributed by atoms with Crippen LogP contribution in [0.4, 0.5) is 8.78 Å². The fourth-order valence-electron chi connectivity index (χ4n) is 0.898. The molecule has 0 saturated carbocycles. The van der Waals surface area contributed by atoms with Gasteiger partial charge in [-0.3, -0.25) is 5.04 Å². The first-order chi connectivity index (χ1) is 8.06. The summed E-state index contributed by atoms with van der Waals surface area (Å²) >= 11 is -0.721. The van der Waals surface area contributed by atoms with Gasteiger partial charge in [0.05, 0.1) is 0 Å². The first kappa shape index (κ1) is 13.8. The molecular formula is C9H7F2O5S-. The lowest BCUT2D eigenvalue weighted by atomic mass is 10.2. The van der Waals surface area contributed by atoms with Crippen molar-refractivity contribution in [2.24, 2.45) is 0 Å². The van der Waals surface area contributed by atoms with Gasteiger partial charge in [0.15, 0.2) is 0 Å². The van der Waals surface area contributed by atoms with Crippen LogP contribution in [0.3, 0.4) is 0 Å². The highest BCUT2D eigenvalue weighted by molar-refractivity contribution is 7.96. The number of rotatable bonds is 6. The van der Waals surface area contributed by atoms with Crippen molar-refractivity contribution in [2.75, 3.05) is 0 Å². The maximum Gasteiger partial charge on any atom is 0.415 e. The Bertz CT molecular complexity index is 360. The molecule has 0 aliphatic carbocycles. The van der Waals surface area contributed by atoms with Crippen LogP contribution >= 0.6 is 12.0 Å². The average Bonchev–Trinajstić information content (AvgIpc) is 2.34. The second kappa shape index (κ2) is 6.50. The minimum Gasteiger partial charge on any atom is -0.691 e. The van der Waals surface area contributed by atoms with E-state index in [-0.39, 0.29) is 6.61 Å². The molecule has 0 radical (unpaired) electrons. The van der Waals surface area contributed by atoms with Crippen molar-refractivity contribution in [2.45, 2.75) is 11.9 Å². The molecule has 8 heteroatoms. The van der Waals surface area contributed by atoms with Crippen LogP contribution in [0.2, 0.25) is 0 Å². The van der Waals surface area contributed by atoms with Crippen LogP contribution in [0.25, 0.3) is 0 Å². The number of alkyl halides is 2. The Morgan fingerprint density at radius 2 is 2.00 bits per heavy atom. The molecule has 1 rings (SSSR count). The summed E-state index contributed by atoms with van der Waals surface area (Å²) in [4.78, 5) is 10.9. The number of halogens is 2. The zero-order valence-corrected chi connectivity index (χ0v) is 9.12. The minimum atomic E-state index is -4.00. The third-order valence-corrected chi connectivity index (χ3v) is 2.12. The van der Waals surface area contributed by atoms with E-state index in [2.05, 4.69) is 14.1 Å². The molecule has 0 N–H and O–H groups in total. The highest BCUT2D eigenvalue weighted by Crippen LogP contribution is 2.31. The summed E-state index contributed by atoms with van der Waals surface area (Å²) in [6.45, 7) is -0.298. The molecule has 17 heavy (non-hydrogen) atoms. The zero-order valence-electron chi connectivity index (χ0n) is 8.30. The maximum absolute atomic E-state index is 12.9. The second-order valence-electron chi connectivity index (χ2n) is 2.80. The summed E-state index contributed by atoms with van der Waals surface area (Å²) in [5.41, 5.74) is 0.558. The van der Waals surface area contributed by atoms with Crippen LogP contribution in [0.15, 0.2) is 30.3 Å². The number of carbonyl (C=O) groups is 1. The van der Waals surface area contributed by atoms with Crippen molar-refractivity contribution < 1.29 is 32.9 Å². The summed E-state index contributed by atoms with van der Waals surface area (Å²) < 4.78 is 33.4. The van der Waals surface area contributed by atoms with Gasteiger partial charge in [-0.15, -0.1) is 0 Å². The van der Waals surface area contributed by atoms with Gasteiger partial charge < -0.3 is 9.99 Å². The molecule has 0 amide bonds. The Morgan fingerprint density at radius 1 is 1.35 bits per heavy atom. The topological polar surface area (TPSA) is 67.8 Å². The average molecular weight is 265 g/mol. The van der Waals surface area contributed by atoms with Crippen molar-refractivity contribution in [3.63, 3.8) is 0 Å². The van der Waals surface area contributed by atoms with Gasteiger partial charge in [0, 0.05) is 0 Å². The molecule has 0 fully saturated rings. The number of esters is 1. The summed E-state index contributed by atoms with van der Waals surface area (Å²) in [5.74, 6) is -1.82. The lowest BCUT2D eigenvalue weighted by molar-refractivity contribution is -0.777. The molecule has 0 saturated heterocycles. The maximum atomic E-state index is 12.9. The molecule has 0 aliphatic rings. The molecule has 94 valence electrons. The van der Waals surface area contributed by atoms with Gasteiger partial charge in [-0.2, -0.15) is 13.1 Å².